The maximum Gasteiger partial charge on any atom is 0.322 e. The molecule has 0 aliphatic heterocycles. The third kappa shape index (κ3) is 7.11. The van der Waals surface area contributed by atoms with Gasteiger partial charge in [0.25, 0.3) is 0 Å². The summed E-state index contributed by atoms with van der Waals surface area (Å²) in [5.74, 6) is -0.0485. The molecule has 0 saturated heterocycles. The van der Waals surface area contributed by atoms with Gasteiger partial charge in [0.15, 0.2) is 0 Å². The Labute approximate surface area is 223 Å². The predicted octanol–water partition coefficient (Wildman–Crippen LogP) is 7.41. The Kier molecular flexibility index (Phi) is 9.05. The zero-order valence-electron chi connectivity index (χ0n) is 21.0. The topological polar surface area (TPSA) is 52.7 Å². The Morgan fingerprint density at radius 2 is 1.72 bits per heavy atom. The Balaban J connectivity index is 1.54. The van der Waals surface area contributed by atoms with E-state index in [2.05, 4.69) is 24.4 Å². The molecule has 1 heterocycles. The lowest BCUT2D eigenvalue weighted by molar-refractivity contribution is -0.133. The fourth-order valence-corrected chi connectivity index (χ4v) is 5.75. The Hall–Kier alpha value is -2.83. The average molecular weight is 524 g/mol. The van der Waals surface area contributed by atoms with Crippen molar-refractivity contribution >= 4 is 40.6 Å². The maximum absolute atomic E-state index is 13.8. The summed E-state index contributed by atoms with van der Waals surface area (Å²) in [4.78, 5) is 33.2. The highest BCUT2D eigenvalue weighted by Crippen LogP contribution is 2.26. The molecule has 2 aromatic carbocycles. The number of hydrogen-bond donors (Lipinski definition) is 1. The van der Waals surface area contributed by atoms with Crippen molar-refractivity contribution in [1.82, 2.24) is 9.80 Å². The Bertz CT molecular complexity index is 1170. The van der Waals surface area contributed by atoms with E-state index in [0.717, 1.165) is 41.7 Å². The van der Waals surface area contributed by atoms with Crippen molar-refractivity contribution in [3.05, 3.63) is 86.6 Å². The van der Waals surface area contributed by atoms with E-state index in [1.807, 2.05) is 54.3 Å². The van der Waals surface area contributed by atoms with Crippen LogP contribution in [0.4, 0.5) is 10.5 Å². The number of thiophene rings is 1. The molecule has 190 valence electrons. The molecule has 3 aromatic rings. The molecule has 0 bridgehead atoms. The first-order chi connectivity index (χ1) is 17.4. The molecule has 7 heteroatoms. The molecule has 1 aliphatic rings. The second kappa shape index (κ2) is 12.4. The molecule has 0 spiro atoms. The number of benzene rings is 2. The van der Waals surface area contributed by atoms with Crippen LogP contribution in [0.3, 0.4) is 0 Å². The van der Waals surface area contributed by atoms with Gasteiger partial charge in [-0.2, -0.15) is 0 Å². The van der Waals surface area contributed by atoms with Crippen LogP contribution in [-0.2, 0) is 17.9 Å². The van der Waals surface area contributed by atoms with E-state index in [1.54, 1.807) is 22.3 Å². The average Bonchev–Trinajstić information content (AvgIpc) is 3.29. The van der Waals surface area contributed by atoms with E-state index in [4.69, 9.17) is 11.6 Å². The van der Waals surface area contributed by atoms with Gasteiger partial charge in [0.05, 0.1) is 6.54 Å². The molecule has 1 N–H and O–H groups in total. The van der Waals surface area contributed by atoms with Crippen molar-refractivity contribution in [3.8, 4) is 0 Å². The van der Waals surface area contributed by atoms with Gasteiger partial charge in [-0.3, -0.25) is 4.79 Å². The number of carbonyl (C=O) groups excluding carboxylic acids is 2. The van der Waals surface area contributed by atoms with E-state index in [1.165, 1.54) is 11.3 Å². The van der Waals surface area contributed by atoms with E-state index in [9.17, 15) is 9.59 Å². The van der Waals surface area contributed by atoms with Gasteiger partial charge in [0.2, 0.25) is 5.91 Å². The molecule has 0 unspecified atom stereocenters. The third-order valence-electron chi connectivity index (χ3n) is 6.72. The molecule has 3 amide bonds. The number of amides is 3. The van der Waals surface area contributed by atoms with Crippen molar-refractivity contribution < 1.29 is 9.59 Å². The highest BCUT2D eigenvalue weighted by molar-refractivity contribution is 7.11. The minimum atomic E-state index is -0.248. The summed E-state index contributed by atoms with van der Waals surface area (Å²) >= 11 is 7.98. The number of nitrogens with one attached hydrogen (secondary N) is 1. The number of carbonyl (C=O) groups is 2. The summed E-state index contributed by atoms with van der Waals surface area (Å²) in [5, 5.41) is 3.59. The van der Waals surface area contributed by atoms with Crippen LogP contribution >= 0.6 is 22.9 Å². The van der Waals surface area contributed by atoms with Gasteiger partial charge in [0.1, 0.15) is 6.54 Å². The van der Waals surface area contributed by atoms with Crippen LogP contribution in [-0.4, -0.2) is 34.3 Å². The van der Waals surface area contributed by atoms with E-state index < -0.39 is 0 Å². The first kappa shape index (κ1) is 26.2. The van der Waals surface area contributed by atoms with E-state index in [0.29, 0.717) is 23.8 Å². The summed E-state index contributed by atoms with van der Waals surface area (Å²) in [5.41, 5.74) is 2.66. The van der Waals surface area contributed by atoms with Crippen molar-refractivity contribution in [3.63, 3.8) is 0 Å². The summed E-state index contributed by atoms with van der Waals surface area (Å²) in [6, 6.07) is 19.5. The summed E-state index contributed by atoms with van der Waals surface area (Å²) in [7, 11) is 0. The first-order valence-electron chi connectivity index (χ1n) is 12.6. The van der Waals surface area contributed by atoms with Crippen LogP contribution in [0.15, 0.2) is 60.7 Å². The minimum Gasteiger partial charge on any atom is -0.332 e. The zero-order chi connectivity index (χ0) is 25.5. The fourth-order valence-electron chi connectivity index (χ4n) is 4.67. The maximum atomic E-state index is 13.8. The minimum absolute atomic E-state index is 0.0474. The van der Waals surface area contributed by atoms with Gasteiger partial charge in [-0.05, 0) is 62.1 Å². The molecule has 4 rings (SSSR count). The molecule has 0 radical (unpaired) electrons. The number of nitrogens with zero attached hydrogens (tertiary/aromatic N) is 2. The lowest BCUT2D eigenvalue weighted by atomic mass is 9.94. The molecule has 5 nitrogen and oxygen atoms in total. The first-order valence-corrected chi connectivity index (χ1v) is 13.8. The van der Waals surface area contributed by atoms with Crippen LogP contribution in [0.25, 0.3) is 0 Å². The Morgan fingerprint density at radius 1 is 0.972 bits per heavy atom. The monoisotopic (exact) mass is 523 g/mol. The van der Waals surface area contributed by atoms with Crippen molar-refractivity contribution in [2.24, 2.45) is 0 Å². The second-order valence-electron chi connectivity index (χ2n) is 9.56. The van der Waals surface area contributed by atoms with Crippen LogP contribution in [0.2, 0.25) is 5.02 Å². The van der Waals surface area contributed by atoms with Crippen molar-refractivity contribution in [2.75, 3.05) is 11.9 Å². The molecule has 1 saturated carbocycles. The van der Waals surface area contributed by atoms with Crippen LogP contribution in [0, 0.1) is 13.8 Å². The number of anilines is 1. The van der Waals surface area contributed by atoms with Crippen LogP contribution < -0.4 is 5.32 Å². The molecule has 1 aliphatic carbocycles. The molecular weight excluding hydrogens is 490 g/mol. The number of urea groups is 1. The van der Waals surface area contributed by atoms with Gasteiger partial charge in [0, 0.05) is 33.1 Å². The highest BCUT2D eigenvalue weighted by atomic mass is 35.5. The number of hydrogen-bond acceptors (Lipinski definition) is 3. The van der Waals surface area contributed by atoms with Gasteiger partial charge < -0.3 is 15.1 Å². The standard InChI is InChI=1S/C29H34ClN3O2S/c1-21-13-15-24(17-27(21)30)31-29(35)33(25-11-7-4-8-12-25)20-28(34)32(18-23-9-5-3-6-10-23)19-26-16-14-22(2)36-26/h3,5-6,9-10,13-17,25H,4,7-8,11-12,18-20H2,1-2H3,(H,31,35). The lowest BCUT2D eigenvalue weighted by Crippen LogP contribution is -2.49. The zero-order valence-corrected chi connectivity index (χ0v) is 22.6. The quantitative estimate of drug-likeness (QED) is 0.334. The lowest BCUT2D eigenvalue weighted by Gasteiger charge is -2.35. The summed E-state index contributed by atoms with van der Waals surface area (Å²) in [6.07, 6.45) is 5.14. The number of aryl methyl sites for hydroxylation is 2. The SMILES string of the molecule is Cc1ccc(CN(Cc2ccccc2)C(=O)CN(C(=O)Nc2ccc(C)c(Cl)c2)C2CCCCC2)s1. The van der Waals surface area contributed by atoms with Crippen LogP contribution in [0.5, 0.6) is 0 Å². The molecule has 1 aromatic heterocycles. The normalized spacial score (nSPS) is 13.9. The van der Waals surface area contributed by atoms with Crippen LogP contribution in [0.1, 0.15) is 53.0 Å². The predicted molar refractivity (Wildman–Crippen MR) is 149 cm³/mol. The molecule has 1 fully saturated rings. The van der Waals surface area contributed by atoms with Crippen molar-refractivity contribution in [1.29, 1.82) is 0 Å². The summed E-state index contributed by atoms with van der Waals surface area (Å²) in [6.45, 7) is 5.08. The van der Waals surface area contributed by atoms with Crippen molar-refractivity contribution in [2.45, 2.75) is 65.1 Å². The fraction of sp³-hybridized carbons (Fsp3) is 0.379. The molecule has 0 atom stereocenters. The van der Waals surface area contributed by atoms with Gasteiger partial charge >= 0.3 is 6.03 Å². The molecular formula is C29H34ClN3O2S. The van der Waals surface area contributed by atoms with E-state index in [-0.39, 0.29) is 24.5 Å². The van der Waals surface area contributed by atoms with Gasteiger partial charge in [-0.15, -0.1) is 11.3 Å². The number of halogens is 1. The largest absolute Gasteiger partial charge is 0.332 e. The summed E-state index contributed by atoms with van der Waals surface area (Å²) < 4.78 is 0. The third-order valence-corrected chi connectivity index (χ3v) is 8.11. The smallest absolute Gasteiger partial charge is 0.322 e. The van der Waals surface area contributed by atoms with Gasteiger partial charge in [-0.25, -0.2) is 4.79 Å². The Morgan fingerprint density at radius 3 is 2.39 bits per heavy atom. The number of rotatable bonds is 8. The second-order valence-corrected chi connectivity index (χ2v) is 11.3. The van der Waals surface area contributed by atoms with Gasteiger partial charge in [-0.1, -0.05) is 67.3 Å². The molecule has 36 heavy (non-hydrogen) atoms. The van der Waals surface area contributed by atoms with E-state index >= 15 is 0 Å². The highest BCUT2D eigenvalue weighted by Gasteiger charge is 2.29.